The summed E-state index contributed by atoms with van der Waals surface area (Å²) in [4.78, 5) is 91.1. The maximum absolute atomic E-state index is 14.0. The number of pyridine rings is 4. The molecule has 0 aliphatic carbocycles. The quantitative estimate of drug-likeness (QED) is 0.0678. The summed E-state index contributed by atoms with van der Waals surface area (Å²) in [5.74, 6) is -1.33. The molecule has 0 atom stereocenters. The molecule has 4 amide bonds. The molecule has 6 N–H and O–H groups in total. The minimum absolute atomic E-state index is 0.334. The molecule has 0 spiro atoms. The van der Waals surface area contributed by atoms with Gasteiger partial charge >= 0.3 is 0 Å². The van der Waals surface area contributed by atoms with Crippen LogP contribution in [0.15, 0.2) is 219 Å². The molecule has 8 bridgehead atoms. The molecule has 2 aliphatic rings. The molecular formula is C68H46N12O4. The lowest BCUT2D eigenvalue weighted by atomic mass is 10.0. The van der Waals surface area contributed by atoms with Crippen LogP contribution in [-0.4, -0.2) is 63.5 Å². The number of para-hydroxylation sites is 4. The van der Waals surface area contributed by atoms with Gasteiger partial charge in [-0.15, -0.1) is 0 Å². The number of aromatic nitrogens is 8. The van der Waals surface area contributed by atoms with Crippen molar-refractivity contribution in [3.05, 3.63) is 264 Å². The summed E-state index contributed by atoms with van der Waals surface area (Å²) in [5.41, 5.74) is 13.7. The normalized spacial score (nSPS) is 11.4. The van der Waals surface area contributed by atoms with Gasteiger partial charge in [0.15, 0.2) is 0 Å². The highest BCUT2D eigenvalue weighted by molar-refractivity contribution is 6.12. The zero-order valence-electron chi connectivity index (χ0n) is 44.4. The van der Waals surface area contributed by atoms with Gasteiger partial charge in [0.2, 0.25) is 0 Å². The van der Waals surface area contributed by atoms with Crippen LogP contribution >= 0.6 is 0 Å². The van der Waals surface area contributed by atoms with Gasteiger partial charge in [0.1, 0.15) is 0 Å². The molecule has 84 heavy (non-hydrogen) atoms. The van der Waals surface area contributed by atoms with Gasteiger partial charge in [0, 0.05) is 161 Å². The van der Waals surface area contributed by atoms with Crippen molar-refractivity contribution >= 4 is 92.7 Å². The van der Waals surface area contributed by atoms with Gasteiger partial charge in [-0.25, -0.2) is 9.97 Å². The minimum atomic E-state index is -0.334. The van der Waals surface area contributed by atoms with Crippen LogP contribution in [0.2, 0.25) is 0 Å². The zero-order chi connectivity index (χ0) is 56.9. The van der Waals surface area contributed by atoms with Crippen LogP contribution in [0, 0.1) is 0 Å². The number of hydrogen-bond acceptors (Lipinski definition) is 10. The summed E-state index contributed by atoms with van der Waals surface area (Å²) in [6.07, 6.45) is 20.3. The van der Waals surface area contributed by atoms with Crippen LogP contribution in [0.25, 0.3) is 90.9 Å². The Morgan fingerprint density at radius 3 is 0.714 bits per heavy atom. The third-order valence-electron chi connectivity index (χ3n) is 14.3. The Morgan fingerprint density at radius 1 is 0.274 bits per heavy atom. The van der Waals surface area contributed by atoms with Crippen molar-refractivity contribution in [2.24, 2.45) is 0 Å². The Bertz CT molecular complexity index is 4060. The smallest absolute Gasteiger partial charge is 0.255 e. The Balaban J connectivity index is 1.12. The number of hydrogen-bond donors (Lipinski definition) is 6. The van der Waals surface area contributed by atoms with E-state index < -0.39 is 0 Å². The molecule has 0 radical (unpaired) electrons. The number of amides is 4. The molecule has 0 saturated carbocycles. The second-order valence-electron chi connectivity index (χ2n) is 19.4. The van der Waals surface area contributed by atoms with E-state index in [-0.39, 0.29) is 23.6 Å². The van der Waals surface area contributed by atoms with Crippen molar-refractivity contribution in [1.29, 1.82) is 0 Å². The number of carbonyl (C=O) groups excluding carboxylic acids is 4. The molecule has 2 aliphatic heterocycles. The average molecular weight is 1100 g/mol. The van der Waals surface area contributed by atoms with Crippen LogP contribution in [0.4, 0.5) is 22.7 Å². The van der Waals surface area contributed by atoms with E-state index in [0.717, 1.165) is 0 Å². The predicted molar refractivity (Wildman–Crippen MR) is 329 cm³/mol. The van der Waals surface area contributed by atoms with Gasteiger partial charge in [-0.1, -0.05) is 72.8 Å². The number of aromatic amines is 2. The molecular weight excluding hydrogens is 1050 g/mol. The van der Waals surface area contributed by atoms with E-state index in [4.69, 9.17) is 9.97 Å². The molecule has 0 unspecified atom stereocenters. The van der Waals surface area contributed by atoms with Crippen LogP contribution < -0.4 is 21.3 Å². The van der Waals surface area contributed by atoms with Gasteiger partial charge in [-0.3, -0.25) is 39.1 Å². The van der Waals surface area contributed by atoms with E-state index in [1.165, 1.54) is 0 Å². The third kappa shape index (κ3) is 10.3. The summed E-state index contributed by atoms with van der Waals surface area (Å²) >= 11 is 0. The number of benzene rings is 4. The highest BCUT2D eigenvalue weighted by Crippen LogP contribution is 2.43. The molecule has 0 saturated heterocycles. The lowest BCUT2D eigenvalue weighted by Gasteiger charge is -2.14. The summed E-state index contributed by atoms with van der Waals surface area (Å²) < 4.78 is 0. The van der Waals surface area contributed by atoms with E-state index in [1.54, 1.807) is 98.1 Å². The number of nitrogens with one attached hydrogen (secondary N) is 6. The largest absolute Gasteiger partial charge is 0.354 e. The molecule has 11 aromatic rings. The van der Waals surface area contributed by atoms with Crippen molar-refractivity contribution in [3.63, 3.8) is 0 Å². The Morgan fingerprint density at radius 2 is 0.488 bits per heavy atom. The topological polar surface area (TPSA) is 225 Å². The van der Waals surface area contributed by atoms with E-state index in [2.05, 4.69) is 51.2 Å². The maximum atomic E-state index is 14.0. The van der Waals surface area contributed by atoms with Crippen molar-refractivity contribution < 1.29 is 19.2 Å². The molecule has 13 rings (SSSR count). The lowest BCUT2D eigenvalue weighted by Crippen LogP contribution is -2.12. The number of H-pyrrole nitrogens is 2. The number of carbonyl (C=O) groups is 4. The minimum Gasteiger partial charge on any atom is -0.354 e. The maximum Gasteiger partial charge on any atom is 0.255 e. The van der Waals surface area contributed by atoms with Crippen molar-refractivity contribution in [2.75, 3.05) is 21.3 Å². The van der Waals surface area contributed by atoms with Gasteiger partial charge in [0.05, 0.1) is 22.8 Å². The number of fused-ring (bicyclic) bond motifs is 8. The Labute approximate surface area is 479 Å². The highest BCUT2D eigenvalue weighted by atomic mass is 16.2. The van der Waals surface area contributed by atoms with E-state index >= 15 is 0 Å². The first-order valence-corrected chi connectivity index (χ1v) is 26.7. The first kappa shape index (κ1) is 51.4. The van der Waals surface area contributed by atoms with Crippen LogP contribution in [-0.2, 0) is 0 Å². The molecule has 16 nitrogen and oxygen atoms in total. The standard InChI is InChI=1S/C68H46N12O4/c81-65(41-25-33-69-34-26-41)77-49-13-5-1-9-45(49)61-53-17-19-55(73-53)62(46-10-2-6-14-50(46)78-66(82)42-27-35-70-36-28-42)57-21-23-59(75-57)64(48-12-4-8-16-52(48)80-68(84)44-31-39-72-40-32-44)60-24-22-58(76-60)63(56-20-18-54(61)74-56)47-11-3-7-15-51(47)79-67(83)43-29-37-71-38-30-43/h1-40,73,76H,(H,77,81)(H,78,82)(H,79,83)(H,80,84). The predicted octanol–water partition coefficient (Wildman–Crippen LogP) is 13.9. The van der Waals surface area contributed by atoms with Crippen molar-refractivity contribution in [3.8, 4) is 44.5 Å². The second kappa shape index (κ2) is 22.6. The lowest BCUT2D eigenvalue weighted by molar-refractivity contribution is 0.101. The number of nitrogens with zero attached hydrogens (tertiary/aromatic N) is 6. The summed E-state index contributed by atoms with van der Waals surface area (Å²) in [6.45, 7) is 0. The Hall–Kier alpha value is -12.0. The average Bonchev–Trinajstić information content (AvgIpc) is 3.33. The zero-order valence-corrected chi connectivity index (χ0v) is 44.4. The fourth-order valence-electron chi connectivity index (χ4n) is 10.4. The van der Waals surface area contributed by atoms with Crippen molar-refractivity contribution in [1.82, 2.24) is 39.9 Å². The number of rotatable bonds is 12. The molecule has 4 aromatic carbocycles. The first-order chi connectivity index (χ1) is 41.3. The highest BCUT2D eigenvalue weighted by Gasteiger charge is 2.24. The first-order valence-electron chi connectivity index (χ1n) is 26.7. The number of anilines is 4. The molecule has 16 heteroatoms. The summed E-state index contributed by atoms with van der Waals surface area (Å²) in [5, 5.41) is 12.6. The van der Waals surface area contributed by atoms with E-state index in [0.29, 0.717) is 134 Å². The van der Waals surface area contributed by atoms with Gasteiger partial charge in [-0.05, 0) is 121 Å². The SMILES string of the molecule is O=C(Nc1ccccc1-c1c2nc(c(-c3ccccc3NC(=O)c3ccncc3)c3ccc([nH]3)c(-c3ccccc3NC(=O)c3ccncc3)c3nc(c(-c4ccccc4NC(=O)c4ccncc4)c4ccc1[nH]4)C=C3)C=C2)c1ccncc1. The fourth-order valence-corrected chi connectivity index (χ4v) is 10.4. The monoisotopic (exact) mass is 1090 g/mol. The molecule has 0 fully saturated rings. The van der Waals surface area contributed by atoms with E-state index in [9.17, 15) is 19.2 Å². The second-order valence-corrected chi connectivity index (χ2v) is 19.4. The molecule has 9 heterocycles. The summed E-state index contributed by atoms with van der Waals surface area (Å²) in [7, 11) is 0. The van der Waals surface area contributed by atoms with Gasteiger partial charge in [-0.2, -0.15) is 0 Å². The molecule has 7 aromatic heterocycles. The van der Waals surface area contributed by atoms with Crippen LogP contribution in [0.1, 0.15) is 64.2 Å². The Kier molecular flexibility index (Phi) is 13.8. The van der Waals surface area contributed by atoms with Crippen LogP contribution in [0.3, 0.4) is 0 Å². The third-order valence-corrected chi connectivity index (χ3v) is 14.3. The van der Waals surface area contributed by atoms with Gasteiger partial charge < -0.3 is 31.2 Å². The summed E-state index contributed by atoms with van der Waals surface area (Å²) in [6, 6.07) is 51.3. The van der Waals surface area contributed by atoms with Crippen LogP contribution in [0.5, 0.6) is 0 Å². The van der Waals surface area contributed by atoms with E-state index in [1.807, 2.05) is 146 Å². The fraction of sp³-hybridized carbons (Fsp3) is 0. The molecule has 402 valence electrons. The van der Waals surface area contributed by atoms with Crippen molar-refractivity contribution in [2.45, 2.75) is 0 Å². The van der Waals surface area contributed by atoms with Gasteiger partial charge in [0.25, 0.3) is 23.6 Å².